The van der Waals surface area contributed by atoms with Gasteiger partial charge in [-0.3, -0.25) is 9.97 Å². The fourth-order valence-electron chi connectivity index (χ4n) is 1.73. The van der Waals surface area contributed by atoms with Gasteiger partial charge in [0, 0.05) is 24.7 Å². The lowest BCUT2D eigenvalue weighted by molar-refractivity contribution is 0.0123. The van der Waals surface area contributed by atoms with Gasteiger partial charge in [-0.2, -0.15) is 13.9 Å². The molecule has 0 radical (unpaired) electrons. The summed E-state index contributed by atoms with van der Waals surface area (Å²) < 4.78 is 28.0. The van der Waals surface area contributed by atoms with Gasteiger partial charge < -0.3 is 0 Å². The normalized spacial score (nSPS) is 11.9. The van der Waals surface area contributed by atoms with Crippen LogP contribution >= 0.6 is 0 Å². The molecule has 0 aliphatic heterocycles. The summed E-state index contributed by atoms with van der Waals surface area (Å²) in [5.41, 5.74) is 0.351. The molecule has 3 aromatic heterocycles. The first-order valence-corrected chi connectivity index (χ1v) is 5.54. The number of alkyl halides is 2. The lowest BCUT2D eigenvalue weighted by Gasteiger charge is -2.10. The van der Waals surface area contributed by atoms with Gasteiger partial charge in [0.1, 0.15) is 5.69 Å². The smallest absolute Gasteiger partial charge is 0.264 e. The van der Waals surface area contributed by atoms with Crippen molar-refractivity contribution >= 4 is 10.9 Å². The van der Waals surface area contributed by atoms with E-state index in [1.165, 1.54) is 10.9 Å². The van der Waals surface area contributed by atoms with Crippen LogP contribution in [-0.4, -0.2) is 24.7 Å². The minimum absolute atomic E-state index is 0.250. The van der Waals surface area contributed by atoms with Crippen molar-refractivity contribution in [3.8, 4) is 5.82 Å². The van der Waals surface area contributed by atoms with Gasteiger partial charge in [0.2, 0.25) is 0 Å². The topological polar surface area (TPSA) is 56.5 Å². The Hall–Kier alpha value is -2.44. The molecular formula is C12H9F2N5. The molecule has 0 N–H and O–H groups in total. The van der Waals surface area contributed by atoms with Crippen LogP contribution < -0.4 is 0 Å². The fraction of sp³-hybridized carbons (Fsp3) is 0.167. The minimum atomic E-state index is -3.03. The van der Waals surface area contributed by atoms with E-state index in [0.29, 0.717) is 0 Å². The predicted octanol–water partition coefficient (Wildman–Crippen LogP) is 2.32. The van der Waals surface area contributed by atoms with Crippen LogP contribution in [0, 0.1) is 0 Å². The quantitative estimate of drug-likeness (QED) is 0.710. The van der Waals surface area contributed by atoms with Crippen LogP contribution in [0.3, 0.4) is 0 Å². The zero-order valence-corrected chi connectivity index (χ0v) is 9.96. The van der Waals surface area contributed by atoms with Crippen molar-refractivity contribution in [1.82, 2.24) is 24.7 Å². The monoisotopic (exact) mass is 261 g/mol. The Bertz CT molecular complexity index is 732. The van der Waals surface area contributed by atoms with Crippen LogP contribution in [0.4, 0.5) is 8.78 Å². The van der Waals surface area contributed by atoms with E-state index < -0.39 is 5.92 Å². The Labute approximate surface area is 106 Å². The molecule has 7 heteroatoms. The molecule has 0 aliphatic rings. The Kier molecular flexibility index (Phi) is 2.48. The number of rotatable bonds is 2. The lowest BCUT2D eigenvalue weighted by atomic mass is 10.3. The Morgan fingerprint density at radius 1 is 1.11 bits per heavy atom. The highest BCUT2D eigenvalue weighted by molar-refractivity contribution is 5.78. The van der Waals surface area contributed by atoms with Gasteiger partial charge in [0.15, 0.2) is 5.82 Å². The van der Waals surface area contributed by atoms with Gasteiger partial charge >= 0.3 is 0 Å². The molecular weight excluding hydrogens is 252 g/mol. The van der Waals surface area contributed by atoms with Crippen molar-refractivity contribution in [2.75, 3.05) is 0 Å². The van der Waals surface area contributed by atoms with Crippen LogP contribution in [0.15, 0.2) is 37.1 Å². The van der Waals surface area contributed by atoms with Crippen molar-refractivity contribution < 1.29 is 8.78 Å². The number of halogens is 2. The highest BCUT2D eigenvalue weighted by Crippen LogP contribution is 2.25. The summed E-state index contributed by atoms with van der Waals surface area (Å²) in [6, 6.07) is 1.74. The fourth-order valence-corrected chi connectivity index (χ4v) is 1.73. The molecule has 0 unspecified atom stereocenters. The summed E-state index contributed by atoms with van der Waals surface area (Å²) in [6.45, 7) is 0.784. The van der Waals surface area contributed by atoms with Gasteiger partial charge in [0.25, 0.3) is 5.92 Å². The number of pyridine rings is 1. The van der Waals surface area contributed by atoms with E-state index >= 15 is 0 Å². The maximum atomic E-state index is 13.2. The molecule has 0 fully saturated rings. The molecule has 3 rings (SSSR count). The summed E-state index contributed by atoms with van der Waals surface area (Å²) in [7, 11) is 0. The van der Waals surface area contributed by atoms with Crippen molar-refractivity contribution in [2.24, 2.45) is 0 Å². The van der Waals surface area contributed by atoms with Crippen molar-refractivity contribution in [2.45, 2.75) is 12.8 Å². The number of hydrogen-bond donors (Lipinski definition) is 0. The second-order valence-corrected chi connectivity index (χ2v) is 4.14. The van der Waals surface area contributed by atoms with Crippen LogP contribution in [0.2, 0.25) is 0 Å². The molecule has 0 atom stereocenters. The Morgan fingerprint density at radius 2 is 1.95 bits per heavy atom. The molecule has 19 heavy (non-hydrogen) atoms. The first-order valence-electron chi connectivity index (χ1n) is 5.54. The third-order valence-electron chi connectivity index (χ3n) is 2.66. The highest BCUT2D eigenvalue weighted by atomic mass is 19.3. The molecule has 0 spiro atoms. The highest BCUT2D eigenvalue weighted by Gasteiger charge is 2.27. The summed E-state index contributed by atoms with van der Waals surface area (Å²) >= 11 is 0. The van der Waals surface area contributed by atoms with E-state index in [1.807, 2.05) is 0 Å². The van der Waals surface area contributed by atoms with Crippen LogP contribution in [0.1, 0.15) is 12.6 Å². The van der Waals surface area contributed by atoms with Crippen molar-refractivity contribution in [3.05, 3.63) is 42.7 Å². The second kappa shape index (κ2) is 4.04. The van der Waals surface area contributed by atoms with E-state index in [0.717, 1.165) is 24.0 Å². The average molecular weight is 261 g/mol. The summed E-state index contributed by atoms with van der Waals surface area (Å²) in [4.78, 5) is 11.7. The van der Waals surface area contributed by atoms with Crippen LogP contribution in [-0.2, 0) is 5.92 Å². The molecule has 0 amide bonds. The van der Waals surface area contributed by atoms with E-state index in [1.54, 1.807) is 24.7 Å². The zero-order chi connectivity index (χ0) is 13.5. The number of fused-ring (bicyclic) bond motifs is 1. The largest absolute Gasteiger partial charge is 0.288 e. The number of nitrogens with zero attached hydrogens (tertiary/aromatic N) is 5. The molecule has 0 bridgehead atoms. The molecule has 0 saturated heterocycles. The van der Waals surface area contributed by atoms with Crippen molar-refractivity contribution in [1.29, 1.82) is 0 Å². The predicted molar refractivity (Wildman–Crippen MR) is 64.0 cm³/mol. The third-order valence-corrected chi connectivity index (χ3v) is 2.66. The first-order chi connectivity index (χ1) is 9.05. The van der Waals surface area contributed by atoms with Crippen molar-refractivity contribution in [3.63, 3.8) is 0 Å². The number of aromatic nitrogens is 5. The van der Waals surface area contributed by atoms with Gasteiger partial charge in [-0.1, -0.05) is 0 Å². The molecule has 0 aromatic carbocycles. The van der Waals surface area contributed by atoms with Gasteiger partial charge in [-0.05, 0) is 6.07 Å². The maximum Gasteiger partial charge on any atom is 0.288 e. The molecule has 96 valence electrons. The Balaban J connectivity index is 2.17. The standard InChI is InChI=1S/C12H9F2N5/c1-12(13,14)10-6-16-7-11(18-10)19-9-2-3-15-4-8(9)5-17-19/h2-7H,1H3. The molecule has 3 heterocycles. The first kappa shape index (κ1) is 11.6. The number of hydrogen-bond acceptors (Lipinski definition) is 4. The molecule has 5 nitrogen and oxygen atoms in total. The van der Waals surface area contributed by atoms with E-state index in [4.69, 9.17) is 0 Å². The second-order valence-electron chi connectivity index (χ2n) is 4.14. The molecule has 0 saturated carbocycles. The molecule has 0 aliphatic carbocycles. The van der Waals surface area contributed by atoms with E-state index in [-0.39, 0.29) is 11.5 Å². The van der Waals surface area contributed by atoms with Crippen LogP contribution in [0.5, 0.6) is 0 Å². The maximum absolute atomic E-state index is 13.2. The van der Waals surface area contributed by atoms with E-state index in [2.05, 4.69) is 20.1 Å². The van der Waals surface area contributed by atoms with Crippen LogP contribution in [0.25, 0.3) is 16.7 Å². The summed E-state index contributed by atoms with van der Waals surface area (Å²) in [5.74, 6) is -2.78. The zero-order valence-electron chi connectivity index (χ0n) is 9.96. The Morgan fingerprint density at radius 3 is 2.74 bits per heavy atom. The van der Waals surface area contributed by atoms with E-state index in [9.17, 15) is 8.78 Å². The average Bonchev–Trinajstić information content (AvgIpc) is 2.82. The lowest BCUT2D eigenvalue weighted by Crippen LogP contribution is -2.12. The van der Waals surface area contributed by atoms with Gasteiger partial charge in [-0.15, -0.1) is 0 Å². The summed E-state index contributed by atoms with van der Waals surface area (Å²) in [6.07, 6.45) is 7.29. The molecule has 3 aromatic rings. The van der Waals surface area contributed by atoms with Gasteiger partial charge in [0.05, 0.1) is 24.1 Å². The minimum Gasteiger partial charge on any atom is -0.264 e. The SMILES string of the molecule is CC(F)(F)c1cncc(-n2ncc3cnccc32)n1. The third kappa shape index (κ3) is 2.03. The van der Waals surface area contributed by atoms with Gasteiger partial charge in [-0.25, -0.2) is 9.67 Å². The summed E-state index contributed by atoms with van der Waals surface area (Å²) in [5, 5.41) is 4.92.